The average Bonchev–Trinajstić information content (AvgIpc) is 2.48. The van der Waals surface area contributed by atoms with Crippen LogP contribution in [0.5, 0.6) is 5.88 Å². The summed E-state index contributed by atoms with van der Waals surface area (Å²) in [5.41, 5.74) is 6.59. The zero-order chi connectivity index (χ0) is 15.5. The molecular formula is C15H28N4O2. The lowest BCUT2D eigenvalue weighted by Crippen LogP contribution is -2.13. The highest BCUT2D eigenvalue weighted by Crippen LogP contribution is 2.26. The molecule has 0 radical (unpaired) electrons. The number of nitrogens with zero attached hydrogens (tertiary/aromatic N) is 2. The van der Waals surface area contributed by atoms with Crippen LogP contribution in [0.25, 0.3) is 0 Å². The molecule has 0 spiro atoms. The van der Waals surface area contributed by atoms with Crippen molar-refractivity contribution in [2.24, 2.45) is 0 Å². The molecule has 1 aromatic rings. The zero-order valence-corrected chi connectivity index (χ0v) is 13.4. The molecule has 6 nitrogen and oxygen atoms in total. The monoisotopic (exact) mass is 296 g/mol. The summed E-state index contributed by atoms with van der Waals surface area (Å²) >= 11 is 0. The number of nitrogens with one attached hydrogen (secondary N) is 1. The van der Waals surface area contributed by atoms with Crippen molar-refractivity contribution in [3.05, 3.63) is 5.82 Å². The third kappa shape index (κ3) is 6.16. The van der Waals surface area contributed by atoms with E-state index in [4.69, 9.17) is 15.2 Å². The van der Waals surface area contributed by atoms with Crippen LogP contribution in [0.1, 0.15) is 45.4 Å². The zero-order valence-electron chi connectivity index (χ0n) is 13.4. The quantitative estimate of drug-likeness (QED) is 0.611. The first-order valence-electron chi connectivity index (χ1n) is 7.74. The van der Waals surface area contributed by atoms with Crippen molar-refractivity contribution >= 4 is 11.5 Å². The summed E-state index contributed by atoms with van der Waals surface area (Å²) in [6.07, 6.45) is 4.77. The van der Waals surface area contributed by atoms with Gasteiger partial charge in [0.15, 0.2) is 5.82 Å². The van der Waals surface area contributed by atoms with Crippen LogP contribution >= 0.6 is 0 Å². The Bertz CT molecular complexity index is 413. The van der Waals surface area contributed by atoms with E-state index < -0.39 is 0 Å². The Balaban J connectivity index is 2.77. The number of anilines is 2. The fourth-order valence-corrected chi connectivity index (χ4v) is 1.81. The van der Waals surface area contributed by atoms with Gasteiger partial charge in [-0.2, -0.15) is 4.98 Å². The molecule has 0 amide bonds. The molecule has 1 heterocycles. The van der Waals surface area contributed by atoms with E-state index in [0.29, 0.717) is 30.6 Å². The number of hydrogen-bond donors (Lipinski definition) is 2. The molecule has 3 N–H and O–H groups in total. The van der Waals surface area contributed by atoms with Gasteiger partial charge in [-0.3, -0.25) is 0 Å². The van der Waals surface area contributed by atoms with Crippen molar-refractivity contribution in [3.63, 3.8) is 0 Å². The van der Waals surface area contributed by atoms with Crippen molar-refractivity contribution in [1.29, 1.82) is 0 Å². The van der Waals surface area contributed by atoms with Gasteiger partial charge in [-0.15, -0.1) is 0 Å². The van der Waals surface area contributed by atoms with Gasteiger partial charge in [-0.25, -0.2) is 4.98 Å². The van der Waals surface area contributed by atoms with Gasteiger partial charge in [0.25, 0.3) is 0 Å². The van der Waals surface area contributed by atoms with E-state index in [1.54, 1.807) is 7.11 Å². The van der Waals surface area contributed by atoms with Gasteiger partial charge in [0, 0.05) is 26.7 Å². The lowest BCUT2D eigenvalue weighted by Gasteiger charge is -2.14. The second kappa shape index (κ2) is 10.2. The van der Waals surface area contributed by atoms with E-state index in [9.17, 15) is 0 Å². The normalized spacial score (nSPS) is 10.6. The molecule has 1 rings (SSSR count). The number of ether oxygens (including phenoxy) is 2. The lowest BCUT2D eigenvalue weighted by molar-refractivity contribution is 0.197. The highest BCUT2D eigenvalue weighted by atomic mass is 16.5. The lowest BCUT2D eigenvalue weighted by atomic mass is 10.3. The Morgan fingerprint density at radius 1 is 1.10 bits per heavy atom. The summed E-state index contributed by atoms with van der Waals surface area (Å²) in [5.74, 6) is 1.93. The Hall–Kier alpha value is -1.56. The SMILES string of the molecule is CCCCOc1nc(CCC)nc(NCCCOC)c1N. The highest BCUT2D eigenvalue weighted by Gasteiger charge is 2.12. The molecule has 0 aliphatic rings. The maximum atomic E-state index is 6.10. The summed E-state index contributed by atoms with van der Waals surface area (Å²) in [7, 11) is 1.69. The van der Waals surface area contributed by atoms with E-state index >= 15 is 0 Å². The van der Waals surface area contributed by atoms with Crippen LogP contribution in [0.15, 0.2) is 0 Å². The fraction of sp³-hybridized carbons (Fsp3) is 0.733. The van der Waals surface area contributed by atoms with E-state index in [1.807, 2.05) is 0 Å². The minimum atomic E-state index is 0.489. The van der Waals surface area contributed by atoms with E-state index in [-0.39, 0.29) is 0 Å². The number of hydrogen-bond acceptors (Lipinski definition) is 6. The molecule has 1 aromatic heterocycles. The van der Waals surface area contributed by atoms with Gasteiger partial charge in [0.1, 0.15) is 11.5 Å². The second-order valence-electron chi connectivity index (χ2n) is 4.93. The van der Waals surface area contributed by atoms with Crippen molar-refractivity contribution in [2.75, 3.05) is 37.9 Å². The highest BCUT2D eigenvalue weighted by molar-refractivity contribution is 5.66. The molecule has 0 aromatic carbocycles. The van der Waals surface area contributed by atoms with Gasteiger partial charge in [0.2, 0.25) is 5.88 Å². The first-order chi connectivity index (χ1) is 10.2. The standard InChI is InChI=1S/C15H28N4O2/c1-4-6-11-21-15-13(16)14(17-9-7-10-20-3)18-12(19-15)8-5-2/h4-11,16H2,1-3H3,(H,17,18,19). The molecule has 120 valence electrons. The topological polar surface area (TPSA) is 82.3 Å². The Labute approximate surface area is 127 Å². The molecule has 0 saturated carbocycles. The Morgan fingerprint density at radius 3 is 2.57 bits per heavy atom. The number of aromatic nitrogens is 2. The first-order valence-corrected chi connectivity index (χ1v) is 7.74. The van der Waals surface area contributed by atoms with Crippen LogP contribution in [0.3, 0.4) is 0 Å². The molecule has 0 saturated heterocycles. The first kappa shape index (κ1) is 17.5. The van der Waals surface area contributed by atoms with Gasteiger partial charge >= 0.3 is 0 Å². The molecule has 21 heavy (non-hydrogen) atoms. The van der Waals surface area contributed by atoms with Crippen molar-refractivity contribution in [3.8, 4) is 5.88 Å². The number of methoxy groups -OCH3 is 1. The smallest absolute Gasteiger partial charge is 0.242 e. The molecule has 0 aliphatic heterocycles. The molecule has 6 heteroatoms. The van der Waals surface area contributed by atoms with Crippen LogP contribution in [-0.4, -0.2) is 36.8 Å². The summed E-state index contributed by atoms with van der Waals surface area (Å²) in [6.45, 7) is 6.32. The predicted octanol–water partition coefficient (Wildman–Crippen LogP) is 2.64. The fourth-order valence-electron chi connectivity index (χ4n) is 1.81. The van der Waals surface area contributed by atoms with E-state index in [0.717, 1.165) is 44.5 Å². The summed E-state index contributed by atoms with van der Waals surface area (Å²) in [6, 6.07) is 0. The summed E-state index contributed by atoms with van der Waals surface area (Å²) in [4.78, 5) is 8.90. The summed E-state index contributed by atoms with van der Waals surface area (Å²) in [5, 5.41) is 3.24. The molecule has 0 bridgehead atoms. The summed E-state index contributed by atoms with van der Waals surface area (Å²) < 4.78 is 10.7. The molecule has 0 aliphatic carbocycles. The van der Waals surface area contributed by atoms with Gasteiger partial charge in [0.05, 0.1) is 6.61 Å². The van der Waals surface area contributed by atoms with Gasteiger partial charge in [-0.05, 0) is 19.3 Å². The maximum absolute atomic E-state index is 6.10. The third-order valence-corrected chi connectivity index (χ3v) is 2.98. The van der Waals surface area contributed by atoms with Crippen LogP contribution < -0.4 is 15.8 Å². The van der Waals surface area contributed by atoms with Crippen molar-refractivity contribution < 1.29 is 9.47 Å². The van der Waals surface area contributed by atoms with E-state index in [1.165, 1.54) is 0 Å². The van der Waals surface area contributed by atoms with E-state index in [2.05, 4.69) is 29.1 Å². The maximum Gasteiger partial charge on any atom is 0.242 e. The molecule has 0 unspecified atom stereocenters. The number of nitrogen functional groups attached to an aromatic ring is 1. The van der Waals surface area contributed by atoms with Gasteiger partial charge in [-0.1, -0.05) is 20.3 Å². The minimum absolute atomic E-state index is 0.489. The largest absolute Gasteiger partial charge is 0.476 e. The number of aryl methyl sites for hydroxylation is 1. The molecule has 0 atom stereocenters. The Kier molecular flexibility index (Phi) is 8.50. The second-order valence-corrected chi connectivity index (χ2v) is 4.93. The minimum Gasteiger partial charge on any atom is -0.476 e. The van der Waals surface area contributed by atoms with Crippen molar-refractivity contribution in [1.82, 2.24) is 9.97 Å². The van der Waals surface area contributed by atoms with Crippen LogP contribution in [-0.2, 0) is 11.2 Å². The number of rotatable bonds is 11. The molecular weight excluding hydrogens is 268 g/mol. The Morgan fingerprint density at radius 2 is 1.90 bits per heavy atom. The number of nitrogens with two attached hydrogens (primary N) is 1. The van der Waals surface area contributed by atoms with Gasteiger partial charge < -0.3 is 20.5 Å². The van der Waals surface area contributed by atoms with Crippen molar-refractivity contribution in [2.45, 2.75) is 46.0 Å². The van der Waals surface area contributed by atoms with Crippen LogP contribution in [0.4, 0.5) is 11.5 Å². The number of unbranched alkanes of at least 4 members (excludes halogenated alkanes) is 1. The van der Waals surface area contributed by atoms with Crippen LogP contribution in [0, 0.1) is 0 Å². The van der Waals surface area contributed by atoms with Crippen LogP contribution in [0.2, 0.25) is 0 Å². The molecule has 0 fully saturated rings. The predicted molar refractivity (Wildman–Crippen MR) is 85.8 cm³/mol. The third-order valence-electron chi connectivity index (χ3n) is 2.98. The average molecular weight is 296 g/mol.